The largest absolute Gasteiger partial charge is 0.357 e. The monoisotopic (exact) mass is 333 g/mol. The maximum atomic E-state index is 11.6. The first-order chi connectivity index (χ1) is 9.86. The fourth-order valence-electron chi connectivity index (χ4n) is 1.56. The first kappa shape index (κ1) is 17.7. The maximum absolute atomic E-state index is 11.6. The number of guanidine groups is 1. The zero-order valence-electron chi connectivity index (χ0n) is 12.7. The van der Waals surface area contributed by atoms with Gasteiger partial charge in [-0.2, -0.15) is 0 Å². The third-order valence-electron chi connectivity index (χ3n) is 2.86. The third kappa shape index (κ3) is 5.13. The zero-order chi connectivity index (χ0) is 16.0. The number of carbonyl (C=O) groups excluding carboxylic acids is 1. The van der Waals surface area contributed by atoms with Crippen molar-refractivity contribution >= 4 is 35.1 Å². The summed E-state index contributed by atoms with van der Waals surface area (Å²) in [4.78, 5) is 17.5. The average molecular weight is 334 g/mol. The summed E-state index contributed by atoms with van der Waals surface area (Å²) in [5.74, 6) is 0.548. The van der Waals surface area contributed by atoms with Crippen LogP contribution in [0.5, 0.6) is 0 Å². The molecule has 0 bridgehead atoms. The second-order valence-corrected chi connectivity index (χ2v) is 5.44. The van der Waals surface area contributed by atoms with Crippen LogP contribution in [-0.4, -0.2) is 48.5 Å². The van der Waals surface area contributed by atoms with E-state index in [-0.39, 0.29) is 12.5 Å². The number of nitrogens with one attached hydrogen (secondary N) is 2. The highest BCUT2D eigenvalue weighted by molar-refractivity contribution is 6.41. The SMILES string of the molecule is CCNC(=NCc1cc(Cl)c(Cl)n1C)NCC(=O)N(C)C. The highest BCUT2D eigenvalue weighted by Crippen LogP contribution is 2.25. The van der Waals surface area contributed by atoms with Crippen molar-refractivity contribution in [1.29, 1.82) is 0 Å². The molecule has 1 aromatic heterocycles. The van der Waals surface area contributed by atoms with Gasteiger partial charge in [0.05, 0.1) is 18.1 Å². The number of halogens is 2. The topological polar surface area (TPSA) is 61.7 Å². The van der Waals surface area contributed by atoms with Crippen molar-refractivity contribution in [3.63, 3.8) is 0 Å². The summed E-state index contributed by atoms with van der Waals surface area (Å²) in [6, 6.07) is 1.78. The molecule has 0 unspecified atom stereocenters. The molecule has 1 heterocycles. The van der Waals surface area contributed by atoms with Crippen molar-refractivity contribution in [3.8, 4) is 0 Å². The Labute approximate surface area is 135 Å². The van der Waals surface area contributed by atoms with Gasteiger partial charge in [0.2, 0.25) is 5.91 Å². The minimum Gasteiger partial charge on any atom is -0.357 e. The Kier molecular flexibility index (Phi) is 6.84. The maximum Gasteiger partial charge on any atom is 0.241 e. The highest BCUT2D eigenvalue weighted by atomic mass is 35.5. The lowest BCUT2D eigenvalue weighted by atomic mass is 10.4. The summed E-state index contributed by atoms with van der Waals surface area (Å²) in [5, 5.41) is 7.06. The number of likely N-dealkylation sites (N-methyl/N-ethyl adjacent to an activating group) is 1. The van der Waals surface area contributed by atoms with E-state index in [0.717, 1.165) is 5.69 Å². The molecule has 21 heavy (non-hydrogen) atoms. The van der Waals surface area contributed by atoms with Crippen LogP contribution in [0, 0.1) is 0 Å². The molecule has 1 aromatic rings. The second-order valence-electron chi connectivity index (χ2n) is 4.67. The Morgan fingerprint density at radius 2 is 2.05 bits per heavy atom. The molecule has 0 saturated heterocycles. The predicted octanol–water partition coefficient (Wildman–Crippen LogP) is 1.48. The Balaban J connectivity index is 2.71. The number of carbonyl (C=O) groups is 1. The van der Waals surface area contributed by atoms with Gasteiger partial charge in [-0.15, -0.1) is 0 Å². The Morgan fingerprint density at radius 3 is 2.52 bits per heavy atom. The van der Waals surface area contributed by atoms with Crippen molar-refractivity contribution in [3.05, 3.63) is 21.9 Å². The second kappa shape index (κ2) is 8.14. The van der Waals surface area contributed by atoms with E-state index in [1.807, 2.05) is 14.0 Å². The van der Waals surface area contributed by atoms with E-state index in [2.05, 4.69) is 15.6 Å². The Bertz CT molecular complexity index is 525. The average Bonchev–Trinajstić information content (AvgIpc) is 2.68. The fraction of sp³-hybridized carbons (Fsp3) is 0.538. The van der Waals surface area contributed by atoms with E-state index in [1.54, 1.807) is 24.7 Å². The van der Waals surface area contributed by atoms with E-state index in [4.69, 9.17) is 23.2 Å². The van der Waals surface area contributed by atoms with E-state index >= 15 is 0 Å². The molecule has 0 fully saturated rings. The molecule has 0 aromatic carbocycles. The normalized spacial score (nSPS) is 11.4. The molecule has 8 heteroatoms. The molecule has 118 valence electrons. The molecule has 0 radical (unpaired) electrons. The van der Waals surface area contributed by atoms with Crippen LogP contribution in [0.4, 0.5) is 0 Å². The molecular formula is C13H21Cl2N5O. The van der Waals surface area contributed by atoms with E-state index in [0.29, 0.717) is 29.2 Å². The Hall–Kier alpha value is -1.40. The molecule has 6 nitrogen and oxygen atoms in total. The fourth-order valence-corrected chi connectivity index (χ4v) is 1.98. The van der Waals surface area contributed by atoms with Gasteiger partial charge in [0.25, 0.3) is 0 Å². The lowest BCUT2D eigenvalue weighted by molar-refractivity contribution is -0.127. The number of hydrogen-bond acceptors (Lipinski definition) is 2. The molecule has 1 amide bonds. The number of amides is 1. The number of aliphatic imine (C=N–C) groups is 1. The van der Waals surface area contributed by atoms with E-state index in [1.165, 1.54) is 4.90 Å². The quantitative estimate of drug-likeness (QED) is 0.633. The van der Waals surface area contributed by atoms with Gasteiger partial charge >= 0.3 is 0 Å². The van der Waals surface area contributed by atoms with Gasteiger partial charge in [-0.3, -0.25) is 4.79 Å². The molecule has 1 rings (SSSR count). The van der Waals surface area contributed by atoms with Crippen LogP contribution in [0.25, 0.3) is 0 Å². The van der Waals surface area contributed by atoms with Crippen LogP contribution in [0.1, 0.15) is 12.6 Å². The van der Waals surface area contributed by atoms with Gasteiger partial charge in [0.1, 0.15) is 5.15 Å². The van der Waals surface area contributed by atoms with Gasteiger partial charge in [0.15, 0.2) is 5.96 Å². The van der Waals surface area contributed by atoms with Crippen molar-refractivity contribution in [1.82, 2.24) is 20.1 Å². The van der Waals surface area contributed by atoms with Gasteiger partial charge in [0, 0.05) is 33.4 Å². The third-order valence-corrected chi connectivity index (χ3v) is 3.71. The molecule has 0 aliphatic heterocycles. The summed E-state index contributed by atoms with van der Waals surface area (Å²) in [7, 11) is 5.25. The van der Waals surface area contributed by atoms with Crippen LogP contribution in [0.2, 0.25) is 10.2 Å². The standard InChI is InChI=1S/C13H21Cl2N5O/c1-5-16-13(18-8-11(21)19(2)3)17-7-9-6-10(14)12(15)20(9)4/h6H,5,7-8H2,1-4H3,(H2,16,17,18). The molecule has 0 saturated carbocycles. The Morgan fingerprint density at radius 1 is 1.38 bits per heavy atom. The summed E-state index contributed by atoms with van der Waals surface area (Å²) in [6.45, 7) is 3.26. The first-order valence-corrected chi connectivity index (χ1v) is 7.34. The summed E-state index contributed by atoms with van der Waals surface area (Å²) in [6.07, 6.45) is 0. The van der Waals surface area contributed by atoms with Gasteiger partial charge in [-0.25, -0.2) is 4.99 Å². The highest BCUT2D eigenvalue weighted by Gasteiger charge is 2.09. The zero-order valence-corrected chi connectivity index (χ0v) is 14.2. The van der Waals surface area contributed by atoms with Crippen molar-refractivity contribution in [2.75, 3.05) is 27.2 Å². The number of nitrogens with zero attached hydrogens (tertiary/aromatic N) is 3. The molecular weight excluding hydrogens is 313 g/mol. The molecule has 2 N–H and O–H groups in total. The predicted molar refractivity (Wildman–Crippen MR) is 86.9 cm³/mol. The lowest BCUT2D eigenvalue weighted by Gasteiger charge is -2.14. The van der Waals surface area contributed by atoms with E-state index in [9.17, 15) is 4.79 Å². The minimum absolute atomic E-state index is 0.0226. The number of hydrogen-bond donors (Lipinski definition) is 2. The van der Waals surface area contributed by atoms with Crippen LogP contribution in [-0.2, 0) is 18.4 Å². The molecule has 0 atom stereocenters. The van der Waals surface area contributed by atoms with Gasteiger partial charge in [-0.05, 0) is 13.0 Å². The number of rotatable bonds is 5. The summed E-state index contributed by atoms with van der Waals surface area (Å²) < 4.78 is 1.78. The van der Waals surface area contributed by atoms with E-state index < -0.39 is 0 Å². The minimum atomic E-state index is -0.0226. The van der Waals surface area contributed by atoms with Crippen LogP contribution in [0.3, 0.4) is 0 Å². The lowest BCUT2D eigenvalue weighted by Crippen LogP contribution is -2.42. The van der Waals surface area contributed by atoms with Crippen LogP contribution >= 0.6 is 23.2 Å². The molecule has 0 aliphatic rings. The summed E-state index contributed by atoms with van der Waals surface area (Å²) >= 11 is 12.0. The van der Waals surface area contributed by atoms with Crippen molar-refractivity contribution in [2.45, 2.75) is 13.5 Å². The molecule has 0 spiro atoms. The van der Waals surface area contributed by atoms with Crippen LogP contribution < -0.4 is 10.6 Å². The number of aromatic nitrogens is 1. The van der Waals surface area contributed by atoms with Crippen LogP contribution in [0.15, 0.2) is 11.1 Å². The van der Waals surface area contributed by atoms with Crippen molar-refractivity contribution < 1.29 is 4.79 Å². The van der Waals surface area contributed by atoms with Gasteiger partial charge < -0.3 is 20.1 Å². The van der Waals surface area contributed by atoms with Gasteiger partial charge in [-0.1, -0.05) is 23.2 Å². The van der Waals surface area contributed by atoms with Crippen molar-refractivity contribution in [2.24, 2.45) is 12.0 Å². The smallest absolute Gasteiger partial charge is 0.241 e. The summed E-state index contributed by atoms with van der Waals surface area (Å²) in [5.41, 5.74) is 0.890. The first-order valence-electron chi connectivity index (χ1n) is 6.58. The molecule has 0 aliphatic carbocycles.